The summed E-state index contributed by atoms with van der Waals surface area (Å²) in [6.07, 6.45) is 1.46. The highest BCUT2D eigenvalue weighted by Gasteiger charge is 2.33. The predicted octanol–water partition coefficient (Wildman–Crippen LogP) is 1.46. The molecule has 0 spiro atoms. The second kappa shape index (κ2) is 6.03. The van der Waals surface area contributed by atoms with Crippen molar-refractivity contribution in [3.63, 3.8) is 0 Å². The monoisotopic (exact) mass is 308 g/mol. The van der Waals surface area contributed by atoms with E-state index in [4.69, 9.17) is 16.3 Å². The van der Waals surface area contributed by atoms with Crippen molar-refractivity contribution in [1.29, 1.82) is 0 Å². The number of benzene rings is 1. The topological polar surface area (TPSA) is 58.6 Å². The lowest BCUT2D eigenvalue weighted by atomic mass is 10.0. The van der Waals surface area contributed by atoms with Crippen molar-refractivity contribution in [2.45, 2.75) is 25.0 Å². The van der Waals surface area contributed by atoms with Crippen LogP contribution in [0.1, 0.15) is 23.2 Å². The molecule has 21 heavy (non-hydrogen) atoms. The van der Waals surface area contributed by atoms with Gasteiger partial charge < -0.3 is 15.0 Å². The van der Waals surface area contributed by atoms with E-state index >= 15 is 0 Å². The summed E-state index contributed by atoms with van der Waals surface area (Å²) in [4.78, 5) is 25.7. The van der Waals surface area contributed by atoms with E-state index in [-0.39, 0.29) is 30.6 Å². The zero-order valence-corrected chi connectivity index (χ0v) is 12.3. The summed E-state index contributed by atoms with van der Waals surface area (Å²) >= 11 is 5.84. The van der Waals surface area contributed by atoms with Gasteiger partial charge in [0.25, 0.3) is 5.91 Å². The molecular weight excluding hydrogens is 292 g/mol. The molecule has 1 aromatic carbocycles. The molecule has 0 radical (unpaired) electrons. The second-order valence-electron chi connectivity index (χ2n) is 5.40. The van der Waals surface area contributed by atoms with Gasteiger partial charge in [-0.05, 0) is 37.1 Å². The Hall–Kier alpha value is -1.59. The van der Waals surface area contributed by atoms with Crippen LogP contribution in [0, 0.1) is 0 Å². The van der Waals surface area contributed by atoms with Crippen LogP contribution >= 0.6 is 11.6 Å². The van der Waals surface area contributed by atoms with Gasteiger partial charge in [-0.3, -0.25) is 9.59 Å². The number of fused-ring (bicyclic) bond motifs is 1. The lowest BCUT2D eigenvalue weighted by Gasteiger charge is -2.30. The van der Waals surface area contributed by atoms with Crippen LogP contribution in [0.3, 0.4) is 0 Å². The highest BCUT2D eigenvalue weighted by atomic mass is 35.5. The van der Waals surface area contributed by atoms with E-state index in [1.165, 1.54) is 0 Å². The van der Waals surface area contributed by atoms with Crippen LogP contribution in [0.25, 0.3) is 0 Å². The Morgan fingerprint density at radius 3 is 2.71 bits per heavy atom. The van der Waals surface area contributed by atoms with Crippen molar-refractivity contribution in [3.8, 4) is 0 Å². The van der Waals surface area contributed by atoms with Gasteiger partial charge in [-0.15, -0.1) is 0 Å². The summed E-state index contributed by atoms with van der Waals surface area (Å²) in [5, 5.41) is 3.56. The van der Waals surface area contributed by atoms with Gasteiger partial charge in [-0.1, -0.05) is 11.6 Å². The molecule has 0 unspecified atom stereocenters. The zero-order chi connectivity index (χ0) is 14.8. The number of likely N-dealkylation sites (tertiary alicyclic amines) is 1. The van der Waals surface area contributed by atoms with E-state index in [9.17, 15) is 9.59 Å². The number of halogens is 1. The molecule has 0 aliphatic carbocycles. The number of morpholine rings is 1. The van der Waals surface area contributed by atoms with Crippen LogP contribution in [0.5, 0.6) is 0 Å². The summed E-state index contributed by atoms with van der Waals surface area (Å²) in [7, 11) is 0. The molecule has 0 saturated carbocycles. The Balaban J connectivity index is 1.68. The number of hydrogen-bond acceptors (Lipinski definition) is 3. The number of nitrogens with zero attached hydrogens (tertiary/aromatic N) is 1. The molecule has 3 rings (SSSR count). The molecule has 2 aliphatic rings. The highest BCUT2D eigenvalue weighted by Crippen LogP contribution is 2.20. The van der Waals surface area contributed by atoms with Gasteiger partial charge in [0.05, 0.1) is 12.1 Å². The Labute approximate surface area is 128 Å². The van der Waals surface area contributed by atoms with Gasteiger partial charge in [0.2, 0.25) is 5.91 Å². The molecule has 2 aliphatic heterocycles. The molecule has 2 atom stereocenters. The van der Waals surface area contributed by atoms with Crippen LogP contribution in [-0.2, 0) is 9.53 Å². The molecular formula is C15H17ClN2O3. The smallest absolute Gasteiger partial charge is 0.253 e. The first-order valence-electron chi connectivity index (χ1n) is 7.09. The third-order valence-corrected chi connectivity index (χ3v) is 4.25. The minimum atomic E-state index is -0.0753. The van der Waals surface area contributed by atoms with E-state index in [1.54, 1.807) is 24.3 Å². The molecule has 6 heteroatoms. The van der Waals surface area contributed by atoms with Crippen molar-refractivity contribution in [2.24, 2.45) is 0 Å². The standard InChI is InChI=1S/C15H17ClN2O3/c16-11-3-1-10(2-4-11)15(20)18-7-5-12-13(6-8-18)21-9-14(19)17-12/h1-4,12-13H,5-9H2,(H,17,19)/t12-,13-/m0/s1. The second-order valence-corrected chi connectivity index (χ2v) is 5.84. The number of carbonyl (C=O) groups excluding carboxylic acids is 2. The van der Waals surface area contributed by atoms with Crippen LogP contribution in [-0.4, -0.2) is 48.6 Å². The summed E-state index contributed by atoms with van der Waals surface area (Å²) < 4.78 is 5.56. The lowest BCUT2D eigenvalue weighted by molar-refractivity contribution is -0.136. The van der Waals surface area contributed by atoms with Gasteiger partial charge in [0.15, 0.2) is 0 Å². The minimum absolute atomic E-state index is 0.00311. The van der Waals surface area contributed by atoms with Crippen molar-refractivity contribution in [2.75, 3.05) is 19.7 Å². The lowest BCUT2D eigenvalue weighted by Crippen LogP contribution is -2.51. The Morgan fingerprint density at radius 2 is 1.95 bits per heavy atom. The predicted molar refractivity (Wildman–Crippen MR) is 78.3 cm³/mol. The van der Waals surface area contributed by atoms with Gasteiger partial charge >= 0.3 is 0 Å². The fourth-order valence-electron chi connectivity index (χ4n) is 2.85. The third-order valence-electron chi connectivity index (χ3n) is 4.00. The Kier molecular flexibility index (Phi) is 4.12. The highest BCUT2D eigenvalue weighted by molar-refractivity contribution is 6.30. The van der Waals surface area contributed by atoms with Crippen molar-refractivity contribution >= 4 is 23.4 Å². The van der Waals surface area contributed by atoms with E-state index in [0.29, 0.717) is 23.7 Å². The first-order valence-corrected chi connectivity index (χ1v) is 7.47. The third kappa shape index (κ3) is 3.19. The first-order chi connectivity index (χ1) is 10.1. The van der Waals surface area contributed by atoms with Gasteiger partial charge in [0, 0.05) is 23.7 Å². The average Bonchev–Trinajstić information content (AvgIpc) is 2.69. The maximum absolute atomic E-state index is 12.5. The molecule has 0 bridgehead atoms. The van der Waals surface area contributed by atoms with Gasteiger partial charge in [0.1, 0.15) is 6.61 Å². The summed E-state index contributed by atoms with van der Waals surface area (Å²) in [6, 6.07) is 6.92. The molecule has 2 heterocycles. The van der Waals surface area contributed by atoms with Crippen LogP contribution in [0.15, 0.2) is 24.3 Å². The average molecular weight is 309 g/mol. The first kappa shape index (κ1) is 14.4. The van der Waals surface area contributed by atoms with E-state index in [1.807, 2.05) is 4.90 Å². The molecule has 1 N–H and O–H groups in total. The van der Waals surface area contributed by atoms with Crippen LogP contribution < -0.4 is 5.32 Å². The summed E-state index contributed by atoms with van der Waals surface area (Å²) in [5.41, 5.74) is 0.634. The molecule has 112 valence electrons. The molecule has 2 amide bonds. The molecule has 2 fully saturated rings. The fraction of sp³-hybridized carbons (Fsp3) is 0.467. The zero-order valence-electron chi connectivity index (χ0n) is 11.5. The number of hydrogen-bond donors (Lipinski definition) is 1. The maximum Gasteiger partial charge on any atom is 0.253 e. The number of amides is 2. The van der Waals surface area contributed by atoms with Crippen molar-refractivity contribution in [1.82, 2.24) is 10.2 Å². The summed E-state index contributed by atoms with van der Waals surface area (Å²) in [5.74, 6) is -0.0784. The minimum Gasteiger partial charge on any atom is -0.366 e. The Bertz CT molecular complexity index is 546. The van der Waals surface area contributed by atoms with Crippen LogP contribution in [0.4, 0.5) is 0 Å². The van der Waals surface area contributed by atoms with E-state index < -0.39 is 0 Å². The quantitative estimate of drug-likeness (QED) is 0.854. The maximum atomic E-state index is 12.5. The molecule has 5 nitrogen and oxygen atoms in total. The van der Waals surface area contributed by atoms with E-state index in [0.717, 1.165) is 12.8 Å². The van der Waals surface area contributed by atoms with Gasteiger partial charge in [-0.25, -0.2) is 0 Å². The largest absolute Gasteiger partial charge is 0.366 e. The number of nitrogens with one attached hydrogen (secondary N) is 1. The normalized spacial score (nSPS) is 25.8. The van der Waals surface area contributed by atoms with Crippen molar-refractivity contribution in [3.05, 3.63) is 34.9 Å². The van der Waals surface area contributed by atoms with Crippen molar-refractivity contribution < 1.29 is 14.3 Å². The number of ether oxygens (including phenoxy) is 1. The van der Waals surface area contributed by atoms with Gasteiger partial charge in [-0.2, -0.15) is 0 Å². The molecule has 2 saturated heterocycles. The number of rotatable bonds is 1. The van der Waals surface area contributed by atoms with E-state index in [2.05, 4.69) is 5.32 Å². The van der Waals surface area contributed by atoms with Crippen LogP contribution in [0.2, 0.25) is 5.02 Å². The SMILES string of the molecule is O=C1CO[C@H]2CCN(C(=O)c3ccc(Cl)cc3)CC[C@@H]2N1. The number of carbonyl (C=O) groups is 2. The molecule has 0 aromatic heterocycles. The fourth-order valence-corrected chi connectivity index (χ4v) is 2.98. The summed E-state index contributed by atoms with van der Waals surface area (Å²) in [6.45, 7) is 1.37. The molecule has 1 aromatic rings. The Morgan fingerprint density at radius 1 is 1.24 bits per heavy atom.